The van der Waals surface area contributed by atoms with E-state index in [0.717, 1.165) is 22.3 Å². The van der Waals surface area contributed by atoms with Gasteiger partial charge in [0.1, 0.15) is 12.6 Å². The van der Waals surface area contributed by atoms with Crippen molar-refractivity contribution < 1.29 is 33.0 Å². The molecule has 33 heavy (non-hydrogen) atoms. The molecule has 2 aromatic carbocycles. The molecule has 0 spiro atoms. The summed E-state index contributed by atoms with van der Waals surface area (Å²) < 4.78 is 32.1. The normalized spacial score (nSPS) is 19.4. The van der Waals surface area contributed by atoms with E-state index in [0.29, 0.717) is 6.42 Å². The van der Waals surface area contributed by atoms with Gasteiger partial charge in [0.25, 0.3) is 6.43 Å². The number of carbonyl (C=O) groups is 3. The third-order valence-corrected chi connectivity index (χ3v) is 6.16. The van der Waals surface area contributed by atoms with Crippen molar-refractivity contribution in [2.75, 3.05) is 13.2 Å². The first-order chi connectivity index (χ1) is 15.8. The van der Waals surface area contributed by atoms with E-state index in [1.165, 1.54) is 0 Å². The smallest absolute Gasteiger partial charge is 0.407 e. The summed E-state index contributed by atoms with van der Waals surface area (Å²) in [6.45, 7) is 0.0803. The molecule has 0 heterocycles. The molecule has 2 aliphatic rings. The van der Waals surface area contributed by atoms with Crippen molar-refractivity contribution in [2.24, 2.45) is 11.8 Å². The maximum Gasteiger partial charge on any atom is 0.407 e. The number of ether oxygens (including phenoxy) is 1. The lowest BCUT2D eigenvalue weighted by Crippen LogP contribution is -2.44. The van der Waals surface area contributed by atoms with Crippen LogP contribution in [-0.2, 0) is 14.3 Å². The Morgan fingerprint density at radius 3 is 2.18 bits per heavy atom. The molecule has 3 atom stereocenters. The van der Waals surface area contributed by atoms with Gasteiger partial charge in [0.2, 0.25) is 5.91 Å². The van der Waals surface area contributed by atoms with Gasteiger partial charge in [-0.2, -0.15) is 0 Å². The predicted octanol–water partition coefficient (Wildman–Crippen LogP) is 3.39. The minimum atomic E-state index is -2.97. The summed E-state index contributed by atoms with van der Waals surface area (Å²) in [4.78, 5) is 35.1. The molecule has 1 saturated carbocycles. The van der Waals surface area contributed by atoms with Gasteiger partial charge in [0, 0.05) is 12.5 Å². The fourth-order valence-corrected chi connectivity index (χ4v) is 4.29. The Bertz CT molecular complexity index is 1020. The fourth-order valence-electron chi connectivity index (χ4n) is 4.29. The first-order valence-corrected chi connectivity index (χ1v) is 10.7. The molecule has 0 saturated heterocycles. The first-order valence-electron chi connectivity index (χ1n) is 10.7. The quantitative estimate of drug-likeness (QED) is 0.534. The van der Waals surface area contributed by atoms with Gasteiger partial charge in [-0.3, -0.25) is 9.59 Å². The number of alkyl halides is 2. The van der Waals surface area contributed by atoms with Gasteiger partial charge in [-0.05, 0) is 34.6 Å². The third kappa shape index (κ3) is 5.13. The monoisotopic (exact) mass is 458 g/mol. The molecule has 0 radical (unpaired) electrons. The lowest BCUT2D eigenvalue weighted by molar-refractivity contribution is -0.139. The number of hydrogen-bond donors (Lipinski definition) is 3. The number of carboxylic acids is 1. The molecule has 2 amide bonds. The topological polar surface area (TPSA) is 105 Å². The van der Waals surface area contributed by atoms with E-state index in [4.69, 9.17) is 9.84 Å². The largest absolute Gasteiger partial charge is 0.481 e. The number of halogens is 2. The number of carbonyl (C=O) groups excluding carboxylic acids is 2. The second kappa shape index (κ2) is 9.56. The highest BCUT2D eigenvalue weighted by Crippen LogP contribution is 2.44. The van der Waals surface area contributed by atoms with Gasteiger partial charge in [-0.1, -0.05) is 48.5 Å². The summed E-state index contributed by atoms with van der Waals surface area (Å²) >= 11 is 0. The average molecular weight is 458 g/mol. The van der Waals surface area contributed by atoms with Crippen molar-refractivity contribution in [1.82, 2.24) is 10.6 Å². The van der Waals surface area contributed by atoms with Crippen LogP contribution in [0.5, 0.6) is 0 Å². The van der Waals surface area contributed by atoms with Crippen molar-refractivity contribution in [1.29, 1.82) is 0 Å². The second-order valence-electron chi connectivity index (χ2n) is 8.36. The van der Waals surface area contributed by atoms with Crippen LogP contribution in [0.3, 0.4) is 0 Å². The maximum absolute atomic E-state index is 13.4. The second-order valence-corrected chi connectivity index (χ2v) is 8.36. The van der Waals surface area contributed by atoms with E-state index in [9.17, 15) is 23.2 Å². The van der Waals surface area contributed by atoms with E-state index >= 15 is 0 Å². The molecule has 0 bridgehead atoms. The molecule has 0 aliphatic heterocycles. The minimum Gasteiger partial charge on any atom is -0.481 e. The number of nitrogens with one attached hydrogen (secondary N) is 2. The van der Waals surface area contributed by atoms with Gasteiger partial charge in [-0.15, -0.1) is 0 Å². The van der Waals surface area contributed by atoms with Crippen LogP contribution in [0.15, 0.2) is 48.5 Å². The van der Waals surface area contributed by atoms with Crippen molar-refractivity contribution in [3.63, 3.8) is 0 Å². The lowest BCUT2D eigenvalue weighted by atomic mass is 9.98. The molecular formula is C24H24F2N2O5. The van der Waals surface area contributed by atoms with Crippen LogP contribution < -0.4 is 10.6 Å². The maximum atomic E-state index is 13.4. The zero-order valence-corrected chi connectivity index (χ0v) is 17.7. The number of aliphatic carboxylic acids is 1. The van der Waals surface area contributed by atoms with Crippen LogP contribution in [0.25, 0.3) is 11.1 Å². The average Bonchev–Trinajstić information content (AvgIpc) is 3.51. The van der Waals surface area contributed by atoms with Crippen LogP contribution in [0, 0.1) is 11.8 Å². The molecule has 9 heteroatoms. The molecule has 7 nitrogen and oxygen atoms in total. The molecule has 2 aromatic rings. The summed E-state index contributed by atoms with van der Waals surface area (Å²) in [5.41, 5.74) is 4.09. The minimum absolute atomic E-state index is 0.0275. The molecule has 174 valence electrons. The Labute approximate surface area is 189 Å². The first kappa shape index (κ1) is 22.7. The highest BCUT2D eigenvalue weighted by Gasteiger charge is 2.43. The molecule has 4 rings (SSSR count). The van der Waals surface area contributed by atoms with Gasteiger partial charge < -0.3 is 20.5 Å². The Balaban J connectivity index is 1.30. The number of rotatable bonds is 9. The Morgan fingerprint density at radius 2 is 1.64 bits per heavy atom. The van der Waals surface area contributed by atoms with Crippen LogP contribution in [0.2, 0.25) is 0 Å². The standard InChI is InChI=1S/C24H24F2N2O5/c25-22(26)20(10-21(29)27-11-13-9-18(13)23(30)31)28-24(32)33-12-19-16-7-3-1-5-14(16)15-6-2-4-8-17(15)19/h1-8,13,18-20,22H,9-12H2,(H,27,29)(H,28,32)(H,30,31). The fraction of sp³-hybridized carbons (Fsp3) is 0.375. The predicted molar refractivity (Wildman–Crippen MR) is 115 cm³/mol. The third-order valence-electron chi connectivity index (χ3n) is 6.16. The summed E-state index contributed by atoms with van der Waals surface area (Å²) in [6, 6.07) is 13.8. The molecule has 1 fully saturated rings. The highest BCUT2D eigenvalue weighted by atomic mass is 19.3. The Kier molecular flexibility index (Phi) is 6.57. The van der Waals surface area contributed by atoms with Crippen molar-refractivity contribution >= 4 is 18.0 Å². The lowest BCUT2D eigenvalue weighted by Gasteiger charge is -2.19. The summed E-state index contributed by atoms with van der Waals surface area (Å²) in [5.74, 6) is -2.52. The zero-order chi connectivity index (χ0) is 23.5. The SMILES string of the molecule is O=C(CC(NC(=O)OCC1c2ccccc2-c2ccccc21)C(F)F)NCC1CC1C(=O)O. The highest BCUT2D eigenvalue weighted by molar-refractivity contribution is 5.80. The summed E-state index contributed by atoms with van der Waals surface area (Å²) in [7, 11) is 0. The number of fused-ring (bicyclic) bond motifs is 3. The van der Waals surface area contributed by atoms with Crippen LogP contribution in [0.4, 0.5) is 13.6 Å². The van der Waals surface area contributed by atoms with Gasteiger partial charge in [0.05, 0.1) is 12.3 Å². The van der Waals surface area contributed by atoms with E-state index in [-0.39, 0.29) is 25.0 Å². The number of benzene rings is 2. The number of carboxylic acid groups (broad SMARTS) is 1. The van der Waals surface area contributed by atoms with Crippen LogP contribution in [0.1, 0.15) is 29.9 Å². The molecule has 0 aromatic heterocycles. The van der Waals surface area contributed by atoms with Crippen LogP contribution >= 0.6 is 0 Å². The van der Waals surface area contributed by atoms with Gasteiger partial charge in [0.15, 0.2) is 0 Å². The van der Waals surface area contributed by atoms with E-state index in [1.54, 1.807) is 0 Å². The van der Waals surface area contributed by atoms with Gasteiger partial charge >= 0.3 is 12.1 Å². The van der Waals surface area contributed by atoms with Crippen molar-refractivity contribution in [2.45, 2.75) is 31.2 Å². The number of hydrogen-bond acceptors (Lipinski definition) is 4. The summed E-state index contributed by atoms with van der Waals surface area (Å²) in [6.07, 6.45) is -4.18. The zero-order valence-electron chi connectivity index (χ0n) is 17.7. The van der Waals surface area contributed by atoms with E-state index in [2.05, 4.69) is 10.6 Å². The molecular weight excluding hydrogens is 434 g/mol. The van der Waals surface area contributed by atoms with Crippen molar-refractivity contribution in [3.05, 3.63) is 59.7 Å². The van der Waals surface area contributed by atoms with E-state index in [1.807, 2.05) is 48.5 Å². The van der Waals surface area contributed by atoms with Crippen molar-refractivity contribution in [3.8, 4) is 11.1 Å². The van der Waals surface area contributed by atoms with E-state index < -0.39 is 42.8 Å². The van der Waals surface area contributed by atoms with Gasteiger partial charge in [-0.25, -0.2) is 13.6 Å². The molecule has 3 N–H and O–H groups in total. The summed E-state index contributed by atoms with van der Waals surface area (Å²) in [5, 5.41) is 13.4. The Morgan fingerprint density at radius 1 is 1.03 bits per heavy atom. The number of alkyl carbamates (subject to hydrolysis) is 1. The van der Waals surface area contributed by atoms with Crippen LogP contribution in [-0.4, -0.2) is 48.7 Å². The molecule has 2 aliphatic carbocycles. The number of amides is 2. The Hall–Kier alpha value is -3.49. The molecule has 3 unspecified atom stereocenters.